The van der Waals surface area contributed by atoms with Crippen LogP contribution in [-0.4, -0.2) is 21.8 Å². The van der Waals surface area contributed by atoms with Crippen LogP contribution in [0.3, 0.4) is 0 Å². The van der Waals surface area contributed by atoms with Crippen molar-refractivity contribution in [2.75, 3.05) is 10.3 Å². The Morgan fingerprint density at radius 1 is 0.963 bits per heavy atom. The summed E-state index contributed by atoms with van der Waals surface area (Å²) in [4.78, 5) is 51.3. The van der Waals surface area contributed by atoms with Gasteiger partial charge in [0.2, 0.25) is 0 Å². The van der Waals surface area contributed by atoms with Crippen molar-refractivity contribution in [1.29, 1.82) is 0 Å². The minimum atomic E-state index is -0.801. The van der Waals surface area contributed by atoms with E-state index in [4.69, 9.17) is 5.84 Å². The number of aromatic amines is 2. The summed E-state index contributed by atoms with van der Waals surface area (Å²) < 4.78 is 0. The zero-order valence-corrected chi connectivity index (χ0v) is 13.9. The molecular weight excluding hydrogens is 350 g/mol. The minimum Gasteiger partial charge on any atom is -0.322 e. The first-order chi connectivity index (χ1) is 13.0. The number of rotatable bonds is 4. The van der Waals surface area contributed by atoms with E-state index in [1.165, 1.54) is 24.3 Å². The Balaban J connectivity index is 1.73. The Bertz CT molecular complexity index is 1090. The Labute approximate surface area is 152 Å². The largest absolute Gasteiger partial charge is 0.325 e. The van der Waals surface area contributed by atoms with Gasteiger partial charge in [0.05, 0.1) is 5.69 Å². The van der Waals surface area contributed by atoms with Gasteiger partial charge < -0.3 is 10.3 Å². The lowest BCUT2D eigenvalue weighted by Gasteiger charge is -2.16. The van der Waals surface area contributed by atoms with E-state index in [0.717, 1.165) is 11.2 Å². The van der Waals surface area contributed by atoms with Gasteiger partial charge in [-0.15, -0.1) is 0 Å². The first-order valence-corrected chi connectivity index (χ1v) is 7.83. The lowest BCUT2D eigenvalue weighted by Crippen LogP contribution is -2.37. The van der Waals surface area contributed by atoms with Crippen LogP contribution in [0.25, 0.3) is 0 Å². The Morgan fingerprint density at radius 2 is 1.63 bits per heavy atom. The summed E-state index contributed by atoms with van der Waals surface area (Å²) in [5.41, 5.74) is -0.523. The molecule has 136 valence electrons. The van der Waals surface area contributed by atoms with E-state index in [9.17, 15) is 19.2 Å². The number of amides is 2. The second-order valence-electron chi connectivity index (χ2n) is 5.53. The van der Waals surface area contributed by atoms with Crippen molar-refractivity contribution in [3.05, 3.63) is 92.8 Å². The zero-order chi connectivity index (χ0) is 19.4. The molecular formula is C18H15N5O4. The number of para-hydroxylation sites is 1. The summed E-state index contributed by atoms with van der Waals surface area (Å²) in [6, 6.07) is 14.7. The van der Waals surface area contributed by atoms with Gasteiger partial charge in [-0.1, -0.05) is 18.2 Å². The highest BCUT2D eigenvalue weighted by atomic mass is 16.2. The molecule has 0 unspecified atom stereocenters. The molecule has 2 aromatic carbocycles. The third-order valence-electron chi connectivity index (χ3n) is 3.71. The van der Waals surface area contributed by atoms with E-state index in [1.807, 2.05) is 11.1 Å². The maximum atomic E-state index is 12.4. The van der Waals surface area contributed by atoms with Crippen molar-refractivity contribution in [3.63, 3.8) is 0 Å². The fourth-order valence-electron chi connectivity index (χ4n) is 2.32. The predicted octanol–water partition coefficient (Wildman–Crippen LogP) is 0.836. The maximum Gasteiger partial charge on any atom is 0.325 e. The zero-order valence-electron chi connectivity index (χ0n) is 13.9. The van der Waals surface area contributed by atoms with Crippen LogP contribution in [0.1, 0.15) is 20.7 Å². The number of hydrogen-bond acceptors (Lipinski definition) is 5. The summed E-state index contributed by atoms with van der Waals surface area (Å²) in [5.74, 6) is 4.72. The number of hydrogen-bond donors (Lipinski definition) is 4. The van der Waals surface area contributed by atoms with Crippen LogP contribution in [0.5, 0.6) is 0 Å². The molecule has 0 atom stereocenters. The monoisotopic (exact) mass is 365 g/mol. The van der Waals surface area contributed by atoms with Gasteiger partial charge in [0.25, 0.3) is 17.4 Å². The number of carbonyl (C=O) groups excluding carboxylic acids is 2. The quantitative estimate of drug-likeness (QED) is 0.308. The molecule has 0 bridgehead atoms. The SMILES string of the molecule is NN(C(=O)c1ccc(NC(=O)c2c[nH]c(=O)[nH]c2=O)cc1)c1ccccc1. The van der Waals surface area contributed by atoms with E-state index < -0.39 is 23.1 Å². The van der Waals surface area contributed by atoms with E-state index in [1.54, 1.807) is 24.3 Å². The van der Waals surface area contributed by atoms with Crippen LogP contribution in [-0.2, 0) is 0 Å². The van der Waals surface area contributed by atoms with Crippen molar-refractivity contribution >= 4 is 23.2 Å². The molecule has 0 spiro atoms. The van der Waals surface area contributed by atoms with Gasteiger partial charge in [0, 0.05) is 17.4 Å². The van der Waals surface area contributed by atoms with Crippen molar-refractivity contribution in [2.45, 2.75) is 0 Å². The number of benzene rings is 2. The van der Waals surface area contributed by atoms with Gasteiger partial charge in [-0.2, -0.15) is 0 Å². The number of nitrogens with two attached hydrogens (primary N) is 1. The average molecular weight is 365 g/mol. The summed E-state index contributed by atoms with van der Waals surface area (Å²) in [7, 11) is 0. The fraction of sp³-hybridized carbons (Fsp3) is 0. The van der Waals surface area contributed by atoms with Gasteiger partial charge in [-0.3, -0.25) is 19.4 Å². The molecule has 0 aliphatic carbocycles. The molecule has 0 saturated carbocycles. The summed E-state index contributed by atoms with van der Waals surface area (Å²) in [5, 5.41) is 3.53. The molecule has 9 nitrogen and oxygen atoms in total. The third kappa shape index (κ3) is 3.99. The number of hydrazine groups is 1. The first kappa shape index (κ1) is 17.8. The van der Waals surface area contributed by atoms with Crippen molar-refractivity contribution < 1.29 is 9.59 Å². The van der Waals surface area contributed by atoms with Crippen molar-refractivity contribution in [2.24, 2.45) is 5.84 Å². The molecule has 5 N–H and O–H groups in total. The standard InChI is InChI=1S/C18H15N5O4/c19-23(13-4-2-1-3-5-13)17(26)11-6-8-12(9-7-11)21-15(24)14-10-20-18(27)22-16(14)25/h1-10H,19H2,(H,21,24)(H2,20,22,25,27). The fourth-order valence-corrected chi connectivity index (χ4v) is 2.32. The number of carbonyl (C=O) groups is 2. The molecule has 1 aromatic heterocycles. The van der Waals surface area contributed by atoms with Crippen LogP contribution in [0.15, 0.2) is 70.4 Å². The Kier molecular flexibility index (Phi) is 4.95. The van der Waals surface area contributed by atoms with E-state index in [2.05, 4.69) is 10.3 Å². The van der Waals surface area contributed by atoms with E-state index >= 15 is 0 Å². The molecule has 0 aliphatic heterocycles. The van der Waals surface area contributed by atoms with Crippen LogP contribution in [0.4, 0.5) is 11.4 Å². The van der Waals surface area contributed by atoms with Crippen LogP contribution >= 0.6 is 0 Å². The molecule has 3 aromatic rings. The number of nitrogens with one attached hydrogen (secondary N) is 3. The van der Waals surface area contributed by atoms with Gasteiger partial charge in [0.15, 0.2) is 0 Å². The number of nitrogens with zero attached hydrogens (tertiary/aromatic N) is 1. The number of H-pyrrole nitrogens is 2. The number of aromatic nitrogens is 2. The van der Waals surface area contributed by atoms with Gasteiger partial charge in [-0.25, -0.2) is 15.6 Å². The summed E-state index contributed by atoms with van der Waals surface area (Å²) >= 11 is 0. The smallest absolute Gasteiger partial charge is 0.322 e. The van der Waals surface area contributed by atoms with E-state index in [-0.39, 0.29) is 5.56 Å². The third-order valence-corrected chi connectivity index (χ3v) is 3.71. The molecule has 0 aliphatic rings. The normalized spacial score (nSPS) is 10.3. The molecule has 0 radical (unpaired) electrons. The highest BCUT2D eigenvalue weighted by Gasteiger charge is 2.15. The molecule has 2 amide bonds. The number of anilines is 2. The second-order valence-corrected chi connectivity index (χ2v) is 5.53. The molecule has 9 heteroatoms. The lowest BCUT2D eigenvalue weighted by atomic mass is 10.1. The second kappa shape index (κ2) is 7.50. The lowest BCUT2D eigenvalue weighted by molar-refractivity contribution is 0.0985. The van der Waals surface area contributed by atoms with Gasteiger partial charge >= 0.3 is 5.69 Å². The van der Waals surface area contributed by atoms with Crippen LogP contribution in [0, 0.1) is 0 Å². The summed E-state index contributed by atoms with van der Waals surface area (Å²) in [6.07, 6.45) is 1.03. The molecule has 1 heterocycles. The summed E-state index contributed by atoms with van der Waals surface area (Å²) in [6.45, 7) is 0. The Hall–Kier alpha value is -3.98. The topological polar surface area (TPSA) is 141 Å². The van der Waals surface area contributed by atoms with Crippen LogP contribution < -0.4 is 27.4 Å². The van der Waals surface area contributed by atoms with Crippen molar-refractivity contribution in [3.8, 4) is 0 Å². The average Bonchev–Trinajstić information content (AvgIpc) is 2.68. The van der Waals surface area contributed by atoms with Crippen LogP contribution in [0.2, 0.25) is 0 Å². The van der Waals surface area contributed by atoms with Gasteiger partial charge in [-0.05, 0) is 36.4 Å². The highest BCUT2D eigenvalue weighted by molar-refractivity contribution is 6.06. The molecule has 0 fully saturated rings. The molecule has 0 saturated heterocycles. The van der Waals surface area contributed by atoms with Gasteiger partial charge in [0.1, 0.15) is 5.56 Å². The Morgan fingerprint density at radius 3 is 2.26 bits per heavy atom. The predicted molar refractivity (Wildman–Crippen MR) is 99.5 cm³/mol. The molecule has 27 heavy (non-hydrogen) atoms. The first-order valence-electron chi connectivity index (χ1n) is 7.83. The van der Waals surface area contributed by atoms with Crippen molar-refractivity contribution in [1.82, 2.24) is 9.97 Å². The minimum absolute atomic E-state index is 0.244. The maximum absolute atomic E-state index is 12.4. The highest BCUT2D eigenvalue weighted by Crippen LogP contribution is 2.15. The molecule has 3 rings (SSSR count). The van der Waals surface area contributed by atoms with E-state index in [0.29, 0.717) is 16.9 Å².